The first-order valence-corrected chi connectivity index (χ1v) is 15.3. The minimum atomic E-state index is -1.65. The Bertz CT molecular complexity index is 293. The van der Waals surface area contributed by atoms with E-state index in [-0.39, 0.29) is 0 Å². The molecule has 0 amide bonds. The van der Waals surface area contributed by atoms with Gasteiger partial charge in [-0.1, -0.05) is 69.2 Å². The minimum Gasteiger partial charge on any atom is -0.319 e. The number of rotatable bonds is 13. The van der Waals surface area contributed by atoms with Gasteiger partial charge in [0.1, 0.15) is 0 Å². The molecule has 0 aromatic heterocycles. The highest BCUT2D eigenvalue weighted by Gasteiger charge is 2.54. The average Bonchev–Trinajstić information content (AvgIpc) is 2.60. The predicted molar refractivity (Wildman–Crippen MR) is 116 cm³/mol. The maximum Gasteiger partial charge on any atom is 0.200 e. The second kappa shape index (κ2) is 11.1. The summed E-state index contributed by atoms with van der Waals surface area (Å²) in [5.41, 5.74) is 0. The van der Waals surface area contributed by atoms with Gasteiger partial charge in [0.2, 0.25) is 16.8 Å². The summed E-state index contributed by atoms with van der Waals surface area (Å²) < 4.78 is 8.92. The van der Waals surface area contributed by atoms with Gasteiger partial charge in [0.25, 0.3) is 0 Å². The van der Waals surface area contributed by atoms with Crippen molar-refractivity contribution in [1.29, 1.82) is 0 Å². The van der Waals surface area contributed by atoms with Gasteiger partial charge in [-0.25, -0.2) is 0 Å². The molecule has 146 valence electrons. The van der Waals surface area contributed by atoms with Crippen molar-refractivity contribution >= 4 is 16.8 Å². The molecule has 5 heteroatoms. The molecule has 0 unspecified atom stereocenters. The lowest BCUT2D eigenvalue weighted by atomic mass is 10.4. The Morgan fingerprint density at radius 3 is 0.917 bits per heavy atom. The van der Waals surface area contributed by atoms with Crippen molar-refractivity contribution in [1.82, 2.24) is 13.4 Å². The third-order valence-corrected chi connectivity index (χ3v) is 19.9. The molecule has 0 radical (unpaired) electrons. The molecule has 0 aliphatic carbocycles. The van der Waals surface area contributed by atoms with E-state index in [1.54, 1.807) is 0 Å². The molecule has 0 heterocycles. The summed E-state index contributed by atoms with van der Waals surface area (Å²) in [4.78, 5) is 0. The largest absolute Gasteiger partial charge is 0.319 e. The van der Waals surface area contributed by atoms with Gasteiger partial charge in [0, 0.05) is 0 Å². The van der Waals surface area contributed by atoms with Crippen LogP contribution in [0, 0.1) is 0 Å². The second-order valence-electron chi connectivity index (χ2n) is 7.19. The van der Waals surface area contributed by atoms with E-state index in [0.717, 1.165) is 0 Å². The maximum absolute atomic E-state index is 3.17. The third-order valence-electron chi connectivity index (χ3n) is 6.38. The van der Waals surface area contributed by atoms with Crippen molar-refractivity contribution in [3.05, 3.63) is 0 Å². The molecule has 0 aromatic rings. The minimum absolute atomic E-state index is 0.643. The predicted octanol–water partition coefficient (Wildman–Crippen LogP) is 5.34. The molecule has 0 saturated carbocycles. The molecule has 0 aliphatic rings. The fourth-order valence-electron chi connectivity index (χ4n) is 5.35. The molecule has 0 bridgehead atoms. The van der Waals surface area contributed by atoms with Crippen molar-refractivity contribution in [3.8, 4) is 0 Å². The van der Waals surface area contributed by atoms with Crippen LogP contribution in [0.1, 0.15) is 69.2 Å². The quantitative estimate of drug-likeness (QED) is 0.403. The van der Waals surface area contributed by atoms with Crippen molar-refractivity contribution in [3.63, 3.8) is 0 Å². The first-order chi connectivity index (χ1) is 11.3. The van der Waals surface area contributed by atoms with Crippen LogP contribution in [0.25, 0.3) is 0 Å². The molecule has 0 aliphatic heterocycles. The summed E-state index contributed by atoms with van der Waals surface area (Å²) in [6.07, 6.45) is 0. The molecule has 3 nitrogen and oxygen atoms in total. The summed E-state index contributed by atoms with van der Waals surface area (Å²) in [5, 5.41) is 0. The summed E-state index contributed by atoms with van der Waals surface area (Å²) in [5.74, 6) is 0. The van der Waals surface area contributed by atoms with Gasteiger partial charge < -0.3 is 13.4 Å². The van der Waals surface area contributed by atoms with E-state index in [4.69, 9.17) is 0 Å². The van der Waals surface area contributed by atoms with Crippen LogP contribution in [0.2, 0.25) is 24.2 Å². The zero-order chi connectivity index (χ0) is 19.0. The van der Waals surface area contributed by atoms with Crippen molar-refractivity contribution in [2.75, 3.05) is 26.2 Å². The maximum atomic E-state index is 3.17. The van der Waals surface area contributed by atoms with Gasteiger partial charge in [0.15, 0.2) is 0 Å². The Balaban J connectivity index is 6.46. The standard InChI is InChI=1S/C19H47N3Si2/c1-11-20(12-2)23(15-5,16-6)22(19(9)10)24(17-7,18-8)21(13-3)14-4/h19H,11-18H2,1-10H3. The molecular formula is C19H47N3Si2. The van der Waals surface area contributed by atoms with Crippen molar-refractivity contribution < 1.29 is 0 Å². The zero-order valence-electron chi connectivity index (χ0n) is 18.6. The van der Waals surface area contributed by atoms with E-state index in [2.05, 4.69) is 82.6 Å². The first-order valence-electron chi connectivity index (χ1n) is 10.6. The molecular weight excluding hydrogens is 326 g/mol. The van der Waals surface area contributed by atoms with Crippen LogP contribution in [0.15, 0.2) is 0 Å². The highest BCUT2D eigenvalue weighted by molar-refractivity contribution is 6.90. The van der Waals surface area contributed by atoms with Gasteiger partial charge in [0.05, 0.1) is 0 Å². The molecule has 24 heavy (non-hydrogen) atoms. The van der Waals surface area contributed by atoms with Gasteiger partial charge >= 0.3 is 0 Å². The lowest BCUT2D eigenvalue weighted by molar-refractivity contribution is 0.326. The van der Waals surface area contributed by atoms with E-state index < -0.39 is 16.8 Å². The van der Waals surface area contributed by atoms with Crippen LogP contribution in [0.5, 0.6) is 0 Å². The van der Waals surface area contributed by atoms with E-state index in [9.17, 15) is 0 Å². The van der Waals surface area contributed by atoms with Gasteiger partial charge in [-0.2, -0.15) is 0 Å². The van der Waals surface area contributed by atoms with Gasteiger partial charge in [-0.3, -0.25) is 0 Å². The van der Waals surface area contributed by atoms with Crippen molar-refractivity contribution in [2.45, 2.75) is 99.5 Å². The van der Waals surface area contributed by atoms with Crippen LogP contribution < -0.4 is 0 Å². The van der Waals surface area contributed by atoms with Gasteiger partial charge in [-0.15, -0.1) is 0 Å². The lowest BCUT2D eigenvalue weighted by Gasteiger charge is -2.60. The van der Waals surface area contributed by atoms with Crippen LogP contribution in [-0.2, 0) is 0 Å². The Morgan fingerprint density at radius 1 is 0.542 bits per heavy atom. The monoisotopic (exact) mass is 373 g/mol. The molecule has 0 saturated heterocycles. The van der Waals surface area contributed by atoms with Crippen molar-refractivity contribution in [2.24, 2.45) is 0 Å². The van der Waals surface area contributed by atoms with Crippen LogP contribution in [-0.4, -0.2) is 62.4 Å². The fraction of sp³-hybridized carbons (Fsp3) is 1.00. The van der Waals surface area contributed by atoms with E-state index >= 15 is 0 Å². The van der Waals surface area contributed by atoms with Crippen LogP contribution >= 0.6 is 0 Å². The Kier molecular flexibility index (Phi) is 11.3. The lowest BCUT2D eigenvalue weighted by Crippen LogP contribution is -2.79. The first kappa shape index (κ1) is 24.3. The second-order valence-corrected chi connectivity index (χ2v) is 16.6. The Hall–Kier alpha value is 0.314. The highest BCUT2D eigenvalue weighted by atomic mass is 28.4. The SMILES string of the molecule is CCN(CC)[Si](CC)(CC)N(C(C)C)[Si](CC)(CC)N(CC)CC. The molecule has 0 atom stereocenters. The summed E-state index contributed by atoms with van der Waals surface area (Å²) in [7, 11) is -3.30. The molecule has 0 fully saturated rings. The summed E-state index contributed by atoms with van der Waals surface area (Å²) >= 11 is 0. The Morgan fingerprint density at radius 2 is 0.792 bits per heavy atom. The fourth-order valence-corrected chi connectivity index (χ4v) is 20.2. The van der Waals surface area contributed by atoms with Gasteiger partial charge in [-0.05, 0) is 56.4 Å². The normalized spacial score (nSPS) is 13.8. The topological polar surface area (TPSA) is 9.72 Å². The highest BCUT2D eigenvalue weighted by Crippen LogP contribution is 2.37. The Labute approximate surface area is 156 Å². The summed E-state index contributed by atoms with van der Waals surface area (Å²) in [6, 6.07) is 6.03. The van der Waals surface area contributed by atoms with Crippen LogP contribution in [0.4, 0.5) is 0 Å². The molecule has 0 aromatic carbocycles. The molecule has 0 N–H and O–H groups in total. The van der Waals surface area contributed by atoms with Crippen LogP contribution in [0.3, 0.4) is 0 Å². The number of hydrogen-bond acceptors (Lipinski definition) is 3. The molecule has 0 rings (SSSR count). The number of hydrogen-bond donors (Lipinski definition) is 0. The van der Waals surface area contributed by atoms with E-state index in [1.807, 2.05) is 0 Å². The van der Waals surface area contributed by atoms with E-state index in [1.165, 1.54) is 50.4 Å². The zero-order valence-corrected chi connectivity index (χ0v) is 20.6. The third kappa shape index (κ3) is 4.34. The average molecular weight is 374 g/mol. The smallest absolute Gasteiger partial charge is 0.200 e. The summed E-state index contributed by atoms with van der Waals surface area (Å²) in [6.45, 7) is 29.1. The number of nitrogens with zero attached hydrogens (tertiary/aromatic N) is 3. The molecule has 0 spiro atoms. The van der Waals surface area contributed by atoms with E-state index in [0.29, 0.717) is 6.04 Å².